The van der Waals surface area contributed by atoms with Crippen LogP contribution in [0.2, 0.25) is 0 Å². The average Bonchev–Trinajstić information content (AvgIpc) is 2.14. The predicted molar refractivity (Wildman–Crippen MR) is 60.0 cm³/mol. The van der Waals surface area contributed by atoms with Gasteiger partial charge in [-0.05, 0) is 38.2 Å². The van der Waals surface area contributed by atoms with E-state index in [1.54, 1.807) is 6.07 Å². The Kier molecular flexibility index (Phi) is 4.31. The molecule has 0 bridgehead atoms. The van der Waals surface area contributed by atoms with Crippen molar-refractivity contribution in [3.05, 3.63) is 29.8 Å². The zero-order valence-corrected chi connectivity index (χ0v) is 9.49. The fourth-order valence-electron chi connectivity index (χ4n) is 1.28. The quantitative estimate of drug-likeness (QED) is 0.556. The van der Waals surface area contributed by atoms with Gasteiger partial charge in [-0.2, -0.15) is 0 Å². The van der Waals surface area contributed by atoms with Gasteiger partial charge in [0.25, 0.3) is 0 Å². The molecule has 0 atom stereocenters. The zero-order valence-electron chi connectivity index (χ0n) is 9.49. The molecule has 0 amide bonds. The molecule has 1 aromatic rings. The van der Waals surface area contributed by atoms with Crippen LogP contribution in [-0.2, 0) is 11.2 Å². The SMILES string of the molecule is CC(=O)Oc1cccc(CCN(C)C)c1. The van der Waals surface area contributed by atoms with Gasteiger partial charge in [-0.1, -0.05) is 12.1 Å². The lowest BCUT2D eigenvalue weighted by Gasteiger charge is -2.09. The number of esters is 1. The van der Waals surface area contributed by atoms with Gasteiger partial charge >= 0.3 is 5.97 Å². The second-order valence-electron chi connectivity index (χ2n) is 3.79. The van der Waals surface area contributed by atoms with Crippen molar-refractivity contribution < 1.29 is 9.53 Å². The number of nitrogens with zero attached hydrogens (tertiary/aromatic N) is 1. The van der Waals surface area contributed by atoms with Crippen molar-refractivity contribution in [2.45, 2.75) is 13.3 Å². The molecular formula is C12H17NO2. The molecule has 82 valence electrons. The number of hydrogen-bond acceptors (Lipinski definition) is 3. The Morgan fingerprint density at radius 2 is 2.13 bits per heavy atom. The van der Waals surface area contributed by atoms with Gasteiger partial charge < -0.3 is 9.64 Å². The van der Waals surface area contributed by atoms with E-state index in [0.717, 1.165) is 13.0 Å². The van der Waals surface area contributed by atoms with Crippen LogP contribution in [0.25, 0.3) is 0 Å². The monoisotopic (exact) mass is 207 g/mol. The molecule has 0 aromatic heterocycles. The minimum atomic E-state index is -0.278. The summed E-state index contributed by atoms with van der Waals surface area (Å²) in [6.45, 7) is 2.40. The van der Waals surface area contributed by atoms with Crippen molar-refractivity contribution in [1.29, 1.82) is 0 Å². The summed E-state index contributed by atoms with van der Waals surface area (Å²) in [6.07, 6.45) is 0.960. The number of ether oxygens (including phenoxy) is 1. The standard InChI is InChI=1S/C12H17NO2/c1-10(14)15-12-6-4-5-11(9-12)7-8-13(2)3/h4-6,9H,7-8H2,1-3H3. The van der Waals surface area contributed by atoms with Crippen LogP contribution in [0.5, 0.6) is 5.75 Å². The Labute approximate surface area is 90.7 Å². The topological polar surface area (TPSA) is 29.5 Å². The third-order valence-corrected chi connectivity index (χ3v) is 2.01. The van der Waals surface area contributed by atoms with Gasteiger partial charge in [-0.3, -0.25) is 4.79 Å². The van der Waals surface area contributed by atoms with E-state index in [0.29, 0.717) is 5.75 Å². The average molecular weight is 207 g/mol. The van der Waals surface area contributed by atoms with E-state index >= 15 is 0 Å². The first-order valence-corrected chi connectivity index (χ1v) is 5.00. The Morgan fingerprint density at radius 1 is 1.40 bits per heavy atom. The molecule has 0 spiro atoms. The predicted octanol–water partition coefficient (Wildman–Crippen LogP) is 1.72. The first-order valence-electron chi connectivity index (χ1n) is 5.00. The summed E-state index contributed by atoms with van der Waals surface area (Å²) in [4.78, 5) is 12.9. The van der Waals surface area contributed by atoms with Crippen molar-refractivity contribution >= 4 is 5.97 Å². The first-order chi connectivity index (χ1) is 7.08. The van der Waals surface area contributed by atoms with E-state index in [1.165, 1.54) is 12.5 Å². The largest absolute Gasteiger partial charge is 0.427 e. The van der Waals surface area contributed by atoms with Gasteiger partial charge in [0.2, 0.25) is 0 Å². The third kappa shape index (κ3) is 4.61. The highest BCUT2D eigenvalue weighted by Gasteiger charge is 2.00. The Balaban J connectivity index is 2.61. The second-order valence-corrected chi connectivity index (χ2v) is 3.79. The van der Waals surface area contributed by atoms with Crippen LogP contribution < -0.4 is 4.74 Å². The van der Waals surface area contributed by atoms with E-state index in [9.17, 15) is 4.79 Å². The molecule has 0 unspecified atom stereocenters. The van der Waals surface area contributed by atoms with Gasteiger partial charge in [-0.25, -0.2) is 0 Å². The number of carbonyl (C=O) groups is 1. The summed E-state index contributed by atoms with van der Waals surface area (Å²) in [6, 6.07) is 7.64. The molecule has 1 aromatic carbocycles. The van der Waals surface area contributed by atoms with E-state index in [4.69, 9.17) is 4.74 Å². The van der Waals surface area contributed by atoms with Crippen molar-refractivity contribution in [3.63, 3.8) is 0 Å². The molecule has 0 saturated carbocycles. The third-order valence-electron chi connectivity index (χ3n) is 2.01. The van der Waals surface area contributed by atoms with Gasteiger partial charge in [0.1, 0.15) is 5.75 Å². The minimum Gasteiger partial charge on any atom is -0.427 e. The van der Waals surface area contributed by atoms with Gasteiger partial charge in [0.15, 0.2) is 0 Å². The van der Waals surface area contributed by atoms with E-state index in [2.05, 4.69) is 4.90 Å². The lowest BCUT2D eigenvalue weighted by Crippen LogP contribution is -2.15. The first kappa shape index (κ1) is 11.7. The number of carbonyl (C=O) groups excluding carboxylic acids is 1. The minimum absolute atomic E-state index is 0.278. The zero-order chi connectivity index (χ0) is 11.3. The van der Waals surface area contributed by atoms with Crippen molar-refractivity contribution in [1.82, 2.24) is 4.90 Å². The second kappa shape index (κ2) is 5.51. The number of hydrogen-bond donors (Lipinski definition) is 0. The summed E-state index contributed by atoms with van der Waals surface area (Å²) in [5.41, 5.74) is 1.18. The summed E-state index contributed by atoms with van der Waals surface area (Å²) in [5.74, 6) is 0.346. The molecule has 3 heteroatoms. The molecule has 0 heterocycles. The van der Waals surface area contributed by atoms with Gasteiger partial charge in [0, 0.05) is 13.5 Å². The lowest BCUT2D eigenvalue weighted by molar-refractivity contribution is -0.131. The smallest absolute Gasteiger partial charge is 0.308 e. The molecular weight excluding hydrogens is 190 g/mol. The highest BCUT2D eigenvalue weighted by molar-refractivity contribution is 5.69. The highest BCUT2D eigenvalue weighted by Crippen LogP contribution is 2.13. The van der Waals surface area contributed by atoms with Crippen LogP contribution in [0.4, 0.5) is 0 Å². The normalized spacial score (nSPS) is 10.4. The van der Waals surface area contributed by atoms with Crippen molar-refractivity contribution in [2.75, 3.05) is 20.6 Å². The molecule has 15 heavy (non-hydrogen) atoms. The summed E-state index contributed by atoms with van der Waals surface area (Å²) < 4.78 is 5.01. The molecule has 1 rings (SSSR count). The van der Waals surface area contributed by atoms with E-state index in [-0.39, 0.29) is 5.97 Å². The van der Waals surface area contributed by atoms with E-state index < -0.39 is 0 Å². The molecule has 0 N–H and O–H groups in total. The maximum Gasteiger partial charge on any atom is 0.308 e. The number of likely N-dealkylation sites (N-methyl/N-ethyl adjacent to an activating group) is 1. The molecule has 0 saturated heterocycles. The Bertz CT molecular complexity index is 334. The van der Waals surface area contributed by atoms with Gasteiger partial charge in [-0.15, -0.1) is 0 Å². The summed E-state index contributed by atoms with van der Waals surface area (Å²) in [7, 11) is 4.08. The Hall–Kier alpha value is -1.35. The van der Waals surface area contributed by atoms with Crippen LogP contribution in [-0.4, -0.2) is 31.5 Å². The lowest BCUT2D eigenvalue weighted by atomic mass is 10.1. The summed E-state index contributed by atoms with van der Waals surface area (Å²) in [5, 5.41) is 0. The molecule has 3 nitrogen and oxygen atoms in total. The van der Waals surface area contributed by atoms with Crippen LogP contribution >= 0.6 is 0 Å². The van der Waals surface area contributed by atoms with Gasteiger partial charge in [0.05, 0.1) is 0 Å². The summed E-state index contributed by atoms with van der Waals surface area (Å²) >= 11 is 0. The molecule has 0 fully saturated rings. The van der Waals surface area contributed by atoms with Crippen LogP contribution in [0.15, 0.2) is 24.3 Å². The highest BCUT2D eigenvalue weighted by atomic mass is 16.5. The molecule has 0 aliphatic carbocycles. The van der Waals surface area contributed by atoms with Crippen molar-refractivity contribution in [2.24, 2.45) is 0 Å². The Morgan fingerprint density at radius 3 is 2.73 bits per heavy atom. The van der Waals surface area contributed by atoms with Crippen LogP contribution in [0.3, 0.4) is 0 Å². The van der Waals surface area contributed by atoms with Crippen molar-refractivity contribution in [3.8, 4) is 5.75 Å². The molecule has 0 aliphatic rings. The molecule has 0 radical (unpaired) electrons. The number of rotatable bonds is 4. The maximum absolute atomic E-state index is 10.8. The molecule has 0 aliphatic heterocycles. The van der Waals surface area contributed by atoms with E-state index in [1.807, 2.05) is 32.3 Å². The van der Waals surface area contributed by atoms with Crippen LogP contribution in [0, 0.1) is 0 Å². The number of benzene rings is 1. The fourth-order valence-corrected chi connectivity index (χ4v) is 1.28. The fraction of sp³-hybridized carbons (Fsp3) is 0.417. The maximum atomic E-state index is 10.8. The van der Waals surface area contributed by atoms with Crippen LogP contribution in [0.1, 0.15) is 12.5 Å².